The molecule has 0 aliphatic heterocycles. The summed E-state index contributed by atoms with van der Waals surface area (Å²) in [5, 5.41) is 16.3. The fraction of sp³-hybridized carbons (Fsp3) is 0.375. The third-order valence-electron chi connectivity index (χ3n) is 4.17. The maximum Gasteiger partial charge on any atom is 0.423 e. The van der Waals surface area contributed by atoms with Crippen LogP contribution in [0.15, 0.2) is 60.7 Å². The van der Waals surface area contributed by atoms with Crippen LogP contribution in [0, 0.1) is 0 Å². The Labute approximate surface area is 223 Å². The Morgan fingerprint density at radius 1 is 0.816 bits per heavy atom. The molecule has 0 atom stereocenters. The molecule has 14 heteroatoms. The molecule has 7 N–H and O–H groups in total. The Morgan fingerprint density at radius 2 is 1.21 bits per heavy atom. The normalized spacial score (nSPS) is 9.92. The number of benzene rings is 2. The van der Waals surface area contributed by atoms with Crippen LogP contribution in [0.3, 0.4) is 0 Å². The Hall–Kier alpha value is -3.88. The summed E-state index contributed by atoms with van der Waals surface area (Å²) in [7, 11) is -3.67. The lowest BCUT2D eigenvalue weighted by Crippen LogP contribution is -2.49. The summed E-state index contributed by atoms with van der Waals surface area (Å²) in [6, 6.07) is 18.1. The molecule has 13 nitrogen and oxygen atoms in total. The van der Waals surface area contributed by atoms with Gasteiger partial charge in [0.1, 0.15) is 0 Å². The van der Waals surface area contributed by atoms with Crippen molar-refractivity contribution in [2.45, 2.75) is 39.8 Å². The molecule has 0 unspecified atom stereocenters. The summed E-state index contributed by atoms with van der Waals surface area (Å²) >= 11 is 0. The van der Waals surface area contributed by atoms with Gasteiger partial charge in [0, 0.05) is 13.1 Å². The average molecular weight is 555 g/mol. The number of amides is 5. The predicted molar refractivity (Wildman–Crippen MR) is 144 cm³/mol. The van der Waals surface area contributed by atoms with Crippen molar-refractivity contribution in [2.75, 3.05) is 19.3 Å². The molecule has 0 fully saturated rings. The van der Waals surface area contributed by atoms with Crippen molar-refractivity contribution in [3.05, 3.63) is 71.8 Å². The minimum absolute atomic E-state index is 0.183. The van der Waals surface area contributed by atoms with Crippen LogP contribution in [0.25, 0.3) is 0 Å². The summed E-state index contributed by atoms with van der Waals surface area (Å²) in [5.74, 6) is 5.61. The van der Waals surface area contributed by atoms with Crippen molar-refractivity contribution in [3.63, 3.8) is 0 Å². The van der Waals surface area contributed by atoms with Gasteiger partial charge in [-0.05, 0) is 24.0 Å². The van der Waals surface area contributed by atoms with E-state index in [-0.39, 0.29) is 12.6 Å². The molecule has 0 bridgehead atoms. The number of nitrogens with two attached hydrogens (primary N) is 1. The number of carbonyl (C=O) groups is 3. The molecule has 0 radical (unpaired) electrons. The van der Waals surface area contributed by atoms with Crippen LogP contribution in [0.5, 0.6) is 0 Å². The standard InChI is InChI=1S/C12H17N3O3.C11H17N3O.CH4O3S/c1-2-8-13-11(16)15(14-12(17)18)9-10-6-4-3-5-7-10;1-2-8-13-11(15)14(12)9-10-6-4-3-5-7-10;1-5(2,3)4/h3-7,14H,2,8-9H2,1H3,(H,13,16)(H,17,18);3-7H,2,8-9,12H2,1H3,(H,13,15);1H3,(H,2,3,4). The van der Waals surface area contributed by atoms with E-state index in [1.807, 2.05) is 74.5 Å². The number of hydrogen-bond donors (Lipinski definition) is 6. The van der Waals surface area contributed by atoms with E-state index in [0.717, 1.165) is 29.0 Å². The van der Waals surface area contributed by atoms with Crippen LogP contribution in [0.2, 0.25) is 0 Å². The van der Waals surface area contributed by atoms with E-state index < -0.39 is 22.2 Å². The first-order chi connectivity index (χ1) is 17.9. The summed E-state index contributed by atoms with van der Waals surface area (Å²) in [4.78, 5) is 33.8. The van der Waals surface area contributed by atoms with Gasteiger partial charge in [-0.2, -0.15) is 8.42 Å². The number of carbonyl (C=O) groups excluding carboxylic acids is 2. The fourth-order valence-electron chi connectivity index (χ4n) is 2.56. The molecular weight excluding hydrogens is 516 g/mol. The Bertz CT molecular complexity index is 1050. The Kier molecular flexibility index (Phi) is 17.3. The van der Waals surface area contributed by atoms with Crippen LogP contribution in [-0.4, -0.2) is 65.6 Å². The zero-order valence-electron chi connectivity index (χ0n) is 21.8. The van der Waals surface area contributed by atoms with Crippen molar-refractivity contribution in [1.29, 1.82) is 0 Å². The van der Waals surface area contributed by atoms with Crippen molar-refractivity contribution >= 4 is 28.3 Å². The zero-order chi connectivity index (χ0) is 29.0. The van der Waals surface area contributed by atoms with Gasteiger partial charge in [0.15, 0.2) is 0 Å². The third kappa shape index (κ3) is 19.3. The summed E-state index contributed by atoms with van der Waals surface area (Å²) < 4.78 is 25.9. The van der Waals surface area contributed by atoms with E-state index in [2.05, 4.69) is 16.1 Å². The molecule has 2 rings (SSSR count). The predicted octanol–water partition coefficient (Wildman–Crippen LogP) is 2.78. The monoisotopic (exact) mass is 554 g/mol. The molecule has 0 saturated heterocycles. The number of hydrogen-bond acceptors (Lipinski definition) is 6. The molecule has 0 heterocycles. The molecular formula is C24H38N6O7S. The lowest BCUT2D eigenvalue weighted by Gasteiger charge is -2.22. The second kappa shape index (κ2) is 19.3. The van der Waals surface area contributed by atoms with Gasteiger partial charge in [-0.3, -0.25) is 9.56 Å². The minimum atomic E-state index is -3.67. The summed E-state index contributed by atoms with van der Waals surface area (Å²) in [6.45, 7) is 5.69. The molecule has 5 amide bonds. The first-order valence-corrected chi connectivity index (χ1v) is 13.6. The van der Waals surface area contributed by atoms with Crippen molar-refractivity contribution in [2.24, 2.45) is 5.84 Å². The van der Waals surface area contributed by atoms with Crippen molar-refractivity contribution in [1.82, 2.24) is 26.1 Å². The van der Waals surface area contributed by atoms with Gasteiger partial charge in [0.05, 0.1) is 19.3 Å². The van der Waals surface area contributed by atoms with Crippen LogP contribution in [0.4, 0.5) is 14.4 Å². The topological polar surface area (TPSA) is 194 Å². The molecule has 2 aromatic rings. The van der Waals surface area contributed by atoms with E-state index in [9.17, 15) is 22.8 Å². The highest BCUT2D eigenvalue weighted by atomic mass is 32.2. The maximum absolute atomic E-state index is 11.7. The Balaban J connectivity index is 0.000000619. The number of urea groups is 2. The highest BCUT2D eigenvalue weighted by molar-refractivity contribution is 7.85. The van der Waals surface area contributed by atoms with Crippen LogP contribution < -0.4 is 21.9 Å². The number of nitrogens with one attached hydrogen (secondary N) is 3. The summed E-state index contributed by atoms with van der Waals surface area (Å²) in [6.07, 6.45) is 1.15. The highest BCUT2D eigenvalue weighted by Crippen LogP contribution is 2.03. The van der Waals surface area contributed by atoms with Gasteiger partial charge >= 0.3 is 18.2 Å². The smallest absolute Gasteiger partial charge is 0.423 e. The van der Waals surface area contributed by atoms with E-state index in [0.29, 0.717) is 25.9 Å². The van der Waals surface area contributed by atoms with Gasteiger partial charge in [0.2, 0.25) is 0 Å². The van der Waals surface area contributed by atoms with Crippen molar-refractivity contribution < 1.29 is 32.5 Å². The summed E-state index contributed by atoms with van der Waals surface area (Å²) in [5.41, 5.74) is 3.94. The molecule has 0 aliphatic rings. The minimum Gasteiger partial charge on any atom is -0.464 e. The SMILES string of the molecule is CCCNC(=O)N(Cc1ccccc1)NC(=O)O.CCCNC(=O)N(N)Cc1ccccc1.CS(=O)(=O)O. The molecule has 38 heavy (non-hydrogen) atoms. The number of rotatable bonds is 8. The van der Waals surface area contributed by atoms with Crippen LogP contribution >= 0.6 is 0 Å². The zero-order valence-corrected chi connectivity index (χ0v) is 22.6. The molecule has 0 spiro atoms. The first kappa shape index (κ1) is 34.1. The van der Waals surface area contributed by atoms with E-state index >= 15 is 0 Å². The fourth-order valence-corrected chi connectivity index (χ4v) is 2.56. The lowest BCUT2D eigenvalue weighted by molar-refractivity contribution is 0.139. The van der Waals surface area contributed by atoms with Gasteiger partial charge < -0.3 is 15.7 Å². The number of hydrazine groups is 2. The van der Waals surface area contributed by atoms with Crippen LogP contribution in [-0.2, 0) is 23.2 Å². The van der Waals surface area contributed by atoms with Gasteiger partial charge in [-0.1, -0.05) is 74.5 Å². The molecule has 2 aromatic carbocycles. The average Bonchev–Trinajstić information content (AvgIpc) is 2.85. The largest absolute Gasteiger partial charge is 0.464 e. The second-order valence-corrected chi connectivity index (χ2v) is 9.27. The van der Waals surface area contributed by atoms with Gasteiger partial charge in [-0.15, -0.1) is 0 Å². The molecule has 0 aromatic heterocycles. The van der Waals surface area contributed by atoms with E-state index in [4.69, 9.17) is 15.5 Å². The third-order valence-corrected chi connectivity index (χ3v) is 4.17. The lowest BCUT2D eigenvalue weighted by atomic mass is 10.2. The maximum atomic E-state index is 11.7. The Morgan fingerprint density at radius 3 is 1.61 bits per heavy atom. The molecule has 0 saturated carbocycles. The highest BCUT2D eigenvalue weighted by Gasteiger charge is 2.15. The molecule has 212 valence electrons. The van der Waals surface area contributed by atoms with E-state index in [1.54, 1.807) is 0 Å². The quantitative estimate of drug-likeness (QED) is 0.124. The van der Waals surface area contributed by atoms with E-state index in [1.165, 1.54) is 5.01 Å². The number of nitrogens with zero attached hydrogens (tertiary/aromatic N) is 2. The van der Waals surface area contributed by atoms with Gasteiger partial charge in [0.25, 0.3) is 10.1 Å². The van der Waals surface area contributed by atoms with Crippen molar-refractivity contribution in [3.8, 4) is 0 Å². The van der Waals surface area contributed by atoms with Crippen LogP contribution in [0.1, 0.15) is 37.8 Å². The number of carboxylic acid groups (broad SMARTS) is 1. The molecule has 0 aliphatic carbocycles. The van der Waals surface area contributed by atoms with Gasteiger partial charge in [-0.25, -0.2) is 30.7 Å². The second-order valence-electron chi connectivity index (χ2n) is 7.80. The first-order valence-electron chi connectivity index (χ1n) is 11.7.